The minimum absolute atomic E-state index is 0.260. The van der Waals surface area contributed by atoms with E-state index in [9.17, 15) is 4.79 Å². The molecule has 2 nitrogen and oxygen atoms in total. The van der Waals surface area contributed by atoms with Crippen LogP contribution in [0.15, 0.2) is 28.7 Å². The maximum atomic E-state index is 12.1. The molecule has 0 bridgehead atoms. The number of hydrogen-bond donors (Lipinski definition) is 0. The van der Waals surface area contributed by atoms with Gasteiger partial charge >= 0.3 is 0 Å². The van der Waals surface area contributed by atoms with E-state index in [0.29, 0.717) is 12.5 Å². The zero-order chi connectivity index (χ0) is 12.3. The molecule has 0 unspecified atom stereocenters. The summed E-state index contributed by atoms with van der Waals surface area (Å²) in [5.41, 5.74) is 0.826. The monoisotopic (exact) mass is 295 g/mol. The summed E-state index contributed by atoms with van der Waals surface area (Å²) in [4.78, 5) is 14.4. The van der Waals surface area contributed by atoms with Crippen molar-refractivity contribution in [2.24, 2.45) is 0 Å². The lowest BCUT2D eigenvalue weighted by atomic mass is 9.96. The fraction of sp³-hybridized carbons (Fsp3) is 0.500. The fourth-order valence-electron chi connectivity index (χ4n) is 2.37. The molecule has 2 rings (SSSR count). The molecule has 0 spiro atoms. The molecule has 1 fully saturated rings. The molecule has 1 atom stereocenters. The Kier molecular flexibility index (Phi) is 4.35. The standard InChI is InChI=1S/C14H18BrNO/c1-16-9-3-2-4-13(16)10-14(17)11-5-7-12(15)8-6-11/h5-8,13H,2-4,9-10H2,1H3/t13-/m1/s1. The van der Waals surface area contributed by atoms with Crippen LogP contribution in [0.4, 0.5) is 0 Å². The molecule has 1 heterocycles. The first-order valence-corrected chi connectivity index (χ1v) is 6.95. The van der Waals surface area contributed by atoms with E-state index in [1.807, 2.05) is 24.3 Å². The first kappa shape index (κ1) is 12.8. The number of benzene rings is 1. The average Bonchev–Trinajstić information content (AvgIpc) is 2.33. The van der Waals surface area contributed by atoms with Crippen LogP contribution in [0.1, 0.15) is 36.0 Å². The lowest BCUT2D eigenvalue weighted by Gasteiger charge is -2.31. The van der Waals surface area contributed by atoms with Crippen LogP contribution in [0.2, 0.25) is 0 Å². The van der Waals surface area contributed by atoms with Crippen LogP contribution in [0.3, 0.4) is 0 Å². The number of carbonyl (C=O) groups excluding carboxylic acids is 1. The van der Waals surface area contributed by atoms with Gasteiger partial charge in [-0.3, -0.25) is 4.79 Å². The minimum atomic E-state index is 0.260. The Morgan fingerprint density at radius 1 is 1.35 bits per heavy atom. The van der Waals surface area contributed by atoms with Crippen LogP contribution in [-0.2, 0) is 0 Å². The lowest BCUT2D eigenvalue weighted by molar-refractivity contribution is 0.0906. The highest BCUT2D eigenvalue weighted by molar-refractivity contribution is 9.10. The number of hydrogen-bond acceptors (Lipinski definition) is 2. The molecule has 17 heavy (non-hydrogen) atoms. The van der Waals surface area contributed by atoms with Gasteiger partial charge in [-0.25, -0.2) is 0 Å². The predicted molar refractivity (Wildman–Crippen MR) is 73.4 cm³/mol. The summed E-state index contributed by atoms with van der Waals surface area (Å²) in [6.45, 7) is 1.12. The Morgan fingerprint density at radius 2 is 2.06 bits per heavy atom. The highest BCUT2D eigenvalue weighted by Crippen LogP contribution is 2.20. The van der Waals surface area contributed by atoms with Gasteiger partial charge in [-0.15, -0.1) is 0 Å². The van der Waals surface area contributed by atoms with Crippen molar-refractivity contribution in [2.75, 3.05) is 13.6 Å². The SMILES string of the molecule is CN1CCCC[C@@H]1CC(=O)c1ccc(Br)cc1. The lowest BCUT2D eigenvalue weighted by Crippen LogP contribution is -2.37. The molecule has 1 aromatic carbocycles. The van der Waals surface area contributed by atoms with Crippen LogP contribution >= 0.6 is 15.9 Å². The van der Waals surface area contributed by atoms with Crippen molar-refractivity contribution < 1.29 is 4.79 Å². The second-order valence-electron chi connectivity index (χ2n) is 4.76. The number of halogens is 1. The summed E-state index contributed by atoms with van der Waals surface area (Å²) in [6, 6.07) is 8.08. The van der Waals surface area contributed by atoms with E-state index >= 15 is 0 Å². The number of likely N-dealkylation sites (tertiary alicyclic amines) is 1. The Bertz CT molecular complexity index is 388. The van der Waals surface area contributed by atoms with Crippen LogP contribution < -0.4 is 0 Å². The number of piperidine rings is 1. The minimum Gasteiger partial charge on any atom is -0.303 e. The van der Waals surface area contributed by atoms with Gasteiger partial charge in [-0.1, -0.05) is 34.5 Å². The number of Topliss-reactive ketones (excluding diaryl/α,β-unsaturated/α-hetero) is 1. The maximum absolute atomic E-state index is 12.1. The normalized spacial score (nSPS) is 21.4. The van der Waals surface area contributed by atoms with E-state index < -0.39 is 0 Å². The van der Waals surface area contributed by atoms with Crippen LogP contribution in [0, 0.1) is 0 Å². The molecule has 1 aromatic rings. The van der Waals surface area contributed by atoms with Crippen molar-refractivity contribution in [2.45, 2.75) is 31.7 Å². The number of ketones is 1. The van der Waals surface area contributed by atoms with Gasteiger partial charge in [0.1, 0.15) is 0 Å². The molecule has 0 aliphatic carbocycles. The van der Waals surface area contributed by atoms with Gasteiger partial charge in [0, 0.05) is 22.5 Å². The second kappa shape index (κ2) is 5.78. The third-order valence-corrected chi connectivity index (χ3v) is 4.04. The van der Waals surface area contributed by atoms with Crippen molar-refractivity contribution in [3.63, 3.8) is 0 Å². The van der Waals surface area contributed by atoms with E-state index in [1.165, 1.54) is 12.8 Å². The van der Waals surface area contributed by atoms with E-state index in [0.717, 1.165) is 23.0 Å². The molecule has 0 N–H and O–H groups in total. The molecule has 92 valence electrons. The predicted octanol–water partition coefficient (Wildman–Crippen LogP) is 3.51. The van der Waals surface area contributed by atoms with E-state index in [1.54, 1.807) is 0 Å². The van der Waals surface area contributed by atoms with E-state index in [2.05, 4.69) is 27.9 Å². The average molecular weight is 296 g/mol. The molecule has 0 saturated carbocycles. The molecule has 1 saturated heterocycles. The topological polar surface area (TPSA) is 20.3 Å². The largest absolute Gasteiger partial charge is 0.303 e. The molecule has 1 aliphatic rings. The van der Waals surface area contributed by atoms with Gasteiger partial charge in [-0.05, 0) is 38.6 Å². The maximum Gasteiger partial charge on any atom is 0.164 e. The van der Waals surface area contributed by atoms with Gasteiger partial charge in [-0.2, -0.15) is 0 Å². The molecule has 0 radical (unpaired) electrons. The van der Waals surface area contributed by atoms with Gasteiger partial charge in [0.15, 0.2) is 5.78 Å². The van der Waals surface area contributed by atoms with Crippen LogP contribution in [0.5, 0.6) is 0 Å². The van der Waals surface area contributed by atoms with Crippen molar-refractivity contribution >= 4 is 21.7 Å². The Labute approximate surface area is 111 Å². The highest BCUT2D eigenvalue weighted by Gasteiger charge is 2.22. The summed E-state index contributed by atoms with van der Waals surface area (Å²) in [5, 5.41) is 0. The molecular weight excluding hydrogens is 278 g/mol. The summed E-state index contributed by atoms with van der Waals surface area (Å²) >= 11 is 3.38. The van der Waals surface area contributed by atoms with Gasteiger partial charge in [0.2, 0.25) is 0 Å². The van der Waals surface area contributed by atoms with Gasteiger partial charge < -0.3 is 4.90 Å². The molecular formula is C14H18BrNO. The molecule has 0 amide bonds. The Hall–Kier alpha value is -0.670. The van der Waals surface area contributed by atoms with Crippen molar-refractivity contribution in [3.05, 3.63) is 34.3 Å². The molecule has 0 aromatic heterocycles. The summed E-state index contributed by atoms with van der Waals surface area (Å²) in [6.07, 6.45) is 4.32. The number of carbonyl (C=O) groups is 1. The molecule has 3 heteroatoms. The Balaban J connectivity index is 1.98. The number of nitrogens with zero attached hydrogens (tertiary/aromatic N) is 1. The zero-order valence-corrected chi connectivity index (χ0v) is 11.7. The van der Waals surface area contributed by atoms with Gasteiger partial charge in [0.25, 0.3) is 0 Å². The Morgan fingerprint density at radius 3 is 2.71 bits per heavy atom. The van der Waals surface area contributed by atoms with Crippen molar-refractivity contribution in [3.8, 4) is 0 Å². The fourth-order valence-corrected chi connectivity index (χ4v) is 2.63. The second-order valence-corrected chi connectivity index (χ2v) is 5.68. The summed E-state index contributed by atoms with van der Waals surface area (Å²) in [5.74, 6) is 0.260. The van der Waals surface area contributed by atoms with Crippen molar-refractivity contribution in [1.82, 2.24) is 4.90 Å². The van der Waals surface area contributed by atoms with Crippen LogP contribution in [-0.4, -0.2) is 30.3 Å². The first-order chi connectivity index (χ1) is 8.16. The first-order valence-electron chi connectivity index (χ1n) is 6.16. The third kappa shape index (κ3) is 3.39. The van der Waals surface area contributed by atoms with E-state index in [-0.39, 0.29) is 5.78 Å². The highest BCUT2D eigenvalue weighted by atomic mass is 79.9. The smallest absolute Gasteiger partial charge is 0.164 e. The zero-order valence-electron chi connectivity index (χ0n) is 10.2. The van der Waals surface area contributed by atoms with Crippen molar-refractivity contribution in [1.29, 1.82) is 0 Å². The summed E-state index contributed by atoms with van der Waals surface area (Å²) < 4.78 is 1.02. The van der Waals surface area contributed by atoms with Gasteiger partial charge in [0.05, 0.1) is 0 Å². The summed E-state index contributed by atoms with van der Waals surface area (Å²) in [7, 11) is 2.12. The quantitative estimate of drug-likeness (QED) is 0.796. The third-order valence-electron chi connectivity index (χ3n) is 3.51. The molecule has 1 aliphatic heterocycles. The van der Waals surface area contributed by atoms with Crippen LogP contribution in [0.25, 0.3) is 0 Å². The van der Waals surface area contributed by atoms with E-state index in [4.69, 9.17) is 0 Å². The number of rotatable bonds is 3.